The first kappa shape index (κ1) is 10.6. The van der Waals surface area contributed by atoms with E-state index in [9.17, 15) is 0 Å². The fourth-order valence-electron chi connectivity index (χ4n) is 1.17. The maximum atomic E-state index is 5.80. The molecule has 74 valence electrons. The molecule has 1 unspecified atom stereocenters. The highest BCUT2D eigenvalue weighted by molar-refractivity contribution is 5.35. The third kappa shape index (κ3) is 2.79. The number of rotatable bonds is 3. The molecule has 1 atom stereocenters. The Bertz CT molecular complexity index is 347. The molecule has 1 aromatic carbocycles. The molecule has 2 N–H and O–H groups in total. The lowest BCUT2D eigenvalue weighted by molar-refractivity contribution is 0.364. The summed E-state index contributed by atoms with van der Waals surface area (Å²) < 4.78 is 5.49. The maximum Gasteiger partial charge on any atom is 0.149 e. The molecule has 0 aliphatic heterocycles. The van der Waals surface area contributed by atoms with E-state index in [1.807, 2.05) is 31.2 Å². The van der Waals surface area contributed by atoms with Crippen LogP contribution in [0.3, 0.4) is 0 Å². The molecule has 2 nitrogen and oxygen atoms in total. The first-order chi connectivity index (χ1) is 6.75. The summed E-state index contributed by atoms with van der Waals surface area (Å²) in [6.07, 6.45) is 0. The molecule has 1 rings (SSSR count). The fourth-order valence-corrected chi connectivity index (χ4v) is 1.17. The van der Waals surface area contributed by atoms with Gasteiger partial charge in [0, 0.05) is 11.6 Å². The Morgan fingerprint density at radius 3 is 2.79 bits per heavy atom. The SMILES string of the molecule is CC#CCOc1ccccc1C(C)N. The fraction of sp³-hybridized carbons (Fsp3) is 0.333. The zero-order valence-corrected chi connectivity index (χ0v) is 8.58. The summed E-state index contributed by atoms with van der Waals surface area (Å²) in [6.45, 7) is 4.15. The average molecular weight is 189 g/mol. The van der Waals surface area contributed by atoms with Gasteiger partial charge in [0.2, 0.25) is 0 Å². The van der Waals surface area contributed by atoms with Gasteiger partial charge >= 0.3 is 0 Å². The van der Waals surface area contributed by atoms with Gasteiger partial charge in [-0.3, -0.25) is 0 Å². The minimum Gasteiger partial charge on any atom is -0.481 e. The zero-order valence-electron chi connectivity index (χ0n) is 8.58. The van der Waals surface area contributed by atoms with Crippen molar-refractivity contribution in [2.45, 2.75) is 19.9 Å². The Hall–Kier alpha value is -1.46. The van der Waals surface area contributed by atoms with Crippen LogP contribution in [0, 0.1) is 11.8 Å². The first-order valence-electron chi connectivity index (χ1n) is 4.62. The first-order valence-corrected chi connectivity index (χ1v) is 4.62. The number of ether oxygens (including phenoxy) is 1. The van der Waals surface area contributed by atoms with Gasteiger partial charge in [-0.1, -0.05) is 24.1 Å². The van der Waals surface area contributed by atoms with Crippen LogP contribution in [0.1, 0.15) is 25.5 Å². The van der Waals surface area contributed by atoms with Gasteiger partial charge in [-0.25, -0.2) is 0 Å². The van der Waals surface area contributed by atoms with Gasteiger partial charge in [-0.2, -0.15) is 0 Å². The second-order valence-electron chi connectivity index (χ2n) is 3.04. The van der Waals surface area contributed by atoms with Gasteiger partial charge in [-0.05, 0) is 19.9 Å². The average Bonchev–Trinajstić information content (AvgIpc) is 2.19. The zero-order chi connectivity index (χ0) is 10.4. The van der Waals surface area contributed by atoms with E-state index in [2.05, 4.69) is 11.8 Å². The van der Waals surface area contributed by atoms with Crippen molar-refractivity contribution in [3.63, 3.8) is 0 Å². The second-order valence-corrected chi connectivity index (χ2v) is 3.04. The molecule has 0 radical (unpaired) electrons. The Labute approximate surface area is 85.1 Å². The van der Waals surface area contributed by atoms with Crippen molar-refractivity contribution in [3.8, 4) is 17.6 Å². The summed E-state index contributed by atoms with van der Waals surface area (Å²) in [7, 11) is 0. The molecule has 1 aromatic rings. The van der Waals surface area contributed by atoms with Crippen LogP contribution in [0.15, 0.2) is 24.3 Å². The predicted molar refractivity (Wildman–Crippen MR) is 58.0 cm³/mol. The number of benzene rings is 1. The van der Waals surface area contributed by atoms with Crippen molar-refractivity contribution in [2.24, 2.45) is 5.73 Å². The molecule has 0 saturated heterocycles. The third-order valence-electron chi connectivity index (χ3n) is 1.89. The predicted octanol–water partition coefficient (Wildman–Crippen LogP) is 2.11. The van der Waals surface area contributed by atoms with E-state index in [1.165, 1.54) is 0 Å². The lowest BCUT2D eigenvalue weighted by Crippen LogP contribution is -2.07. The minimum atomic E-state index is -0.0132. The monoisotopic (exact) mass is 189 g/mol. The highest BCUT2D eigenvalue weighted by Gasteiger charge is 2.05. The summed E-state index contributed by atoms with van der Waals surface area (Å²) in [5, 5.41) is 0. The highest BCUT2D eigenvalue weighted by Crippen LogP contribution is 2.22. The van der Waals surface area contributed by atoms with Gasteiger partial charge in [0.15, 0.2) is 0 Å². The van der Waals surface area contributed by atoms with E-state index in [0.717, 1.165) is 11.3 Å². The van der Waals surface area contributed by atoms with E-state index >= 15 is 0 Å². The van der Waals surface area contributed by atoms with Crippen molar-refractivity contribution >= 4 is 0 Å². The van der Waals surface area contributed by atoms with Crippen LogP contribution in [0.5, 0.6) is 5.75 Å². The van der Waals surface area contributed by atoms with E-state index in [4.69, 9.17) is 10.5 Å². The Kier molecular flexibility index (Phi) is 4.03. The molecule has 0 heterocycles. The lowest BCUT2D eigenvalue weighted by Gasteiger charge is -2.11. The van der Waals surface area contributed by atoms with Crippen LogP contribution >= 0.6 is 0 Å². The molecular weight excluding hydrogens is 174 g/mol. The molecular formula is C12H15NO. The van der Waals surface area contributed by atoms with Gasteiger partial charge in [0.1, 0.15) is 12.4 Å². The normalized spacial score (nSPS) is 11.4. The van der Waals surface area contributed by atoms with Crippen molar-refractivity contribution in [1.29, 1.82) is 0 Å². The van der Waals surface area contributed by atoms with Crippen LogP contribution in [0.4, 0.5) is 0 Å². The minimum absolute atomic E-state index is 0.0132. The molecule has 2 heteroatoms. The number of para-hydroxylation sites is 1. The molecule has 0 bridgehead atoms. The Balaban J connectivity index is 2.77. The van der Waals surface area contributed by atoms with Crippen LogP contribution < -0.4 is 10.5 Å². The van der Waals surface area contributed by atoms with E-state index < -0.39 is 0 Å². The van der Waals surface area contributed by atoms with Crippen LogP contribution in [0.25, 0.3) is 0 Å². The Morgan fingerprint density at radius 1 is 1.43 bits per heavy atom. The molecule has 0 aromatic heterocycles. The molecule has 0 saturated carbocycles. The van der Waals surface area contributed by atoms with E-state index in [0.29, 0.717) is 6.61 Å². The number of hydrogen-bond acceptors (Lipinski definition) is 2. The van der Waals surface area contributed by atoms with Crippen molar-refractivity contribution < 1.29 is 4.74 Å². The standard InChI is InChI=1S/C12H15NO/c1-3-4-9-14-12-8-6-5-7-11(12)10(2)13/h5-8,10H,9,13H2,1-2H3. The topological polar surface area (TPSA) is 35.2 Å². The van der Waals surface area contributed by atoms with Gasteiger partial charge in [0.05, 0.1) is 0 Å². The lowest BCUT2D eigenvalue weighted by atomic mass is 10.1. The maximum absolute atomic E-state index is 5.80. The molecule has 0 spiro atoms. The van der Waals surface area contributed by atoms with Crippen LogP contribution in [-0.2, 0) is 0 Å². The highest BCUT2D eigenvalue weighted by atomic mass is 16.5. The van der Waals surface area contributed by atoms with Crippen molar-refractivity contribution in [2.75, 3.05) is 6.61 Å². The van der Waals surface area contributed by atoms with Crippen LogP contribution in [-0.4, -0.2) is 6.61 Å². The molecule has 0 aliphatic carbocycles. The molecule has 0 aliphatic rings. The number of hydrogen-bond donors (Lipinski definition) is 1. The van der Waals surface area contributed by atoms with E-state index in [-0.39, 0.29) is 6.04 Å². The third-order valence-corrected chi connectivity index (χ3v) is 1.89. The summed E-state index contributed by atoms with van der Waals surface area (Å²) in [6, 6.07) is 7.76. The van der Waals surface area contributed by atoms with Crippen LogP contribution in [0.2, 0.25) is 0 Å². The van der Waals surface area contributed by atoms with Crippen molar-refractivity contribution in [1.82, 2.24) is 0 Å². The summed E-state index contributed by atoms with van der Waals surface area (Å²) in [5.74, 6) is 6.45. The molecule has 0 fully saturated rings. The smallest absolute Gasteiger partial charge is 0.149 e. The van der Waals surface area contributed by atoms with Crippen molar-refractivity contribution in [3.05, 3.63) is 29.8 Å². The van der Waals surface area contributed by atoms with Gasteiger partial charge < -0.3 is 10.5 Å². The molecule has 0 amide bonds. The summed E-state index contributed by atoms with van der Waals surface area (Å²) >= 11 is 0. The van der Waals surface area contributed by atoms with E-state index in [1.54, 1.807) is 6.92 Å². The summed E-state index contributed by atoms with van der Waals surface area (Å²) in [4.78, 5) is 0. The molecule has 14 heavy (non-hydrogen) atoms. The quantitative estimate of drug-likeness (QED) is 0.739. The largest absolute Gasteiger partial charge is 0.481 e. The second kappa shape index (κ2) is 5.31. The Morgan fingerprint density at radius 2 is 2.14 bits per heavy atom. The van der Waals surface area contributed by atoms with Gasteiger partial charge in [-0.15, -0.1) is 5.92 Å². The van der Waals surface area contributed by atoms with Gasteiger partial charge in [0.25, 0.3) is 0 Å². The summed E-state index contributed by atoms with van der Waals surface area (Å²) in [5.41, 5.74) is 6.82. The number of nitrogens with two attached hydrogens (primary N) is 1.